The summed E-state index contributed by atoms with van der Waals surface area (Å²) in [5.41, 5.74) is 2.84. The minimum Gasteiger partial charge on any atom is -0.299 e. The number of piperidine rings is 1. The van der Waals surface area contributed by atoms with E-state index in [0.717, 1.165) is 26.1 Å². The molecule has 2 heteroatoms. The Morgan fingerprint density at radius 1 is 1.38 bits per heavy atom. The lowest BCUT2D eigenvalue weighted by atomic mass is 9.98. The second-order valence-corrected chi connectivity index (χ2v) is 5.50. The fraction of sp³-hybridized carbons (Fsp3) is 0.571. The van der Waals surface area contributed by atoms with Crippen LogP contribution in [0.4, 0.5) is 0 Å². The third-order valence-electron chi connectivity index (χ3n) is 3.54. The van der Waals surface area contributed by atoms with Gasteiger partial charge in [0.25, 0.3) is 0 Å². The number of aryl methyl sites for hydroxylation is 1. The summed E-state index contributed by atoms with van der Waals surface area (Å²) in [7, 11) is 0. The van der Waals surface area contributed by atoms with Gasteiger partial charge in [-0.2, -0.15) is 0 Å². The van der Waals surface area contributed by atoms with E-state index in [-0.39, 0.29) is 0 Å². The molecule has 1 aromatic rings. The fourth-order valence-corrected chi connectivity index (χ4v) is 2.55. The molecule has 0 bridgehead atoms. The topological polar surface area (TPSA) is 3.24 Å². The van der Waals surface area contributed by atoms with Crippen LogP contribution in [0.3, 0.4) is 0 Å². The third kappa shape index (κ3) is 2.78. The molecule has 0 N–H and O–H groups in total. The molecule has 1 aliphatic rings. The summed E-state index contributed by atoms with van der Waals surface area (Å²) in [5, 5.41) is 0.369. The van der Waals surface area contributed by atoms with Crippen LogP contribution in [-0.4, -0.2) is 23.4 Å². The van der Waals surface area contributed by atoms with E-state index in [2.05, 4.69) is 43.0 Å². The molecule has 0 aliphatic carbocycles. The lowest BCUT2D eigenvalue weighted by Crippen LogP contribution is -2.39. The van der Waals surface area contributed by atoms with Crippen LogP contribution in [0.25, 0.3) is 0 Å². The highest BCUT2D eigenvalue weighted by Crippen LogP contribution is 2.23. The Balaban J connectivity index is 1.98. The lowest BCUT2D eigenvalue weighted by molar-refractivity contribution is 0.179. The van der Waals surface area contributed by atoms with Crippen LogP contribution >= 0.6 is 11.6 Å². The van der Waals surface area contributed by atoms with Crippen LogP contribution in [0, 0.1) is 12.8 Å². The zero-order chi connectivity index (χ0) is 11.5. The summed E-state index contributed by atoms with van der Waals surface area (Å²) in [6.07, 6.45) is 1.12. The van der Waals surface area contributed by atoms with Crippen LogP contribution in [0.1, 0.15) is 24.5 Å². The Morgan fingerprint density at radius 3 is 2.81 bits per heavy atom. The number of nitrogens with zero attached hydrogens (tertiary/aromatic N) is 1. The molecule has 2 unspecified atom stereocenters. The van der Waals surface area contributed by atoms with Crippen LogP contribution in [-0.2, 0) is 6.54 Å². The molecule has 1 fully saturated rings. The Kier molecular flexibility index (Phi) is 3.88. The number of benzene rings is 1. The van der Waals surface area contributed by atoms with Gasteiger partial charge in [-0.3, -0.25) is 4.90 Å². The normalized spacial score (nSPS) is 26.9. The molecule has 2 atom stereocenters. The van der Waals surface area contributed by atoms with Crippen molar-refractivity contribution in [3.63, 3.8) is 0 Å². The van der Waals surface area contributed by atoms with E-state index in [1.807, 2.05) is 0 Å². The average molecular weight is 238 g/mol. The maximum absolute atomic E-state index is 6.24. The molecule has 0 spiro atoms. The van der Waals surface area contributed by atoms with E-state index in [9.17, 15) is 0 Å². The van der Waals surface area contributed by atoms with E-state index in [4.69, 9.17) is 11.6 Å². The van der Waals surface area contributed by atoms with Gasteiger partial charge in [-0.1, -0.05) is 31.2 Å². The number of hydrogen-bond acceptors (Lipinski definition) is 1. The maximum atomic E-state index is 6.24. The smallest absolute Gasteiger partial charge is 0.0386 e. The summed E-state index contributed by atoms with van der Waals surface area (Å²) in [4.78, 5) is 2.52. The van der Waals surface area contributed by atoms with Gasteiger partial charge in [-0.15, -0.1) is 11.6 Å². The van der Waals surface area contributed by atoms with Crippen molar-refractivity contribution >= 4 is 11.6 Å². The standard InChI is InChI=1S/C14H20ClN/c1-11-5-3-4-6-13(11)10-16-8-7-14(15)12(2)9-16/h3-6,12,14H,7-10H2,1-2H3. The second-order valence-electron chi connectivity index (χ2n) is 4.94. The van der Waals surface area contributed by atoms with E-state index >= 15 is 0 Å². The van der Waals surface area contributed by atoms with Crippen molar-refractivity contribution in [2.45, 2.75) is 32.2 Å². The van der Waals surface area contributed by atoms with E-state index in [0.29, 0.717) is 11.3 Å². The lowest BCUT2D eigenvalue weighted by Gasteiger charge is -2.34. The number of hydrogen-bond donors (Lipinski definition) is 0. The molecular formula is C14H20ClN. The molecule has 2 rings (SSSR count). The third-order valence-corrected chi connectivity index (χ3v) is 4.19. The summed E-state index contributed by atoms with van der Waals surface area (Å²) in [6, 6.07) is 8.65. The van der Waals surface area contributed by atoms with E-state index in [1.165, 1.54) is 11.1 Å². The van der Waals surface area contributed by atoms with Crippen molar-refractivity contribution in [3.05, 3.63) is 35.4 Å². The molecule has 1 saturated heterocycles. The van der Waals surface area contributed by atoms with Crippen molar-refractivity contribution in [1.82, 2.24) is 4.90 Å². The zero-order valence-corrected chi connectivity index (χ0v) is 10.9. The fourth-order valence-electron chi connectivity index (χ4n) is 2.38. The molecule has 1 nitrogen and oxygen atoms in total. The maximum Gasteiger partial charge on any atom is 0.0386 e. The monoisotopic (exact) mass is 237 g/mol. The molecule has 1 aliphatic heterocycles. The van der Waals surface area contributed by atoms with E-state index < -0.39 is 0 Å². The van der Waals surface area contributed by atoms with Gasteiger partial charge in [-0.05, 0) is 36.9 Å². The second kappa shape index (κ2) is 5.20. The molecule has 0 radical (unpaired) electrons. The molecule has 0 amide bonds. The van der Waals surface area contributed by atoms with Crippen LogP contribution < -0.4 is 0 Å². The highest BCUT2D eigenvalue weighted by atomic mass is 35.5. The van der Waals surface area contributed by atoms with Crippen molar-refractivity contribution in [2.75, 3.05) is 13.1 Å². The molecule has 0 saturated carbocycles. The number of halogens is 1. The molecule has 1 heterocycles. The highest BCUT2D eigenvalue weighted by molar-refractivity contribution is 6.20. The number of alkyl halides is 1. The number of rotatable bonds is 2. The van der Waals surface area contributed by atoms with Gasteiger partial charge < -0.3 is 0 Å². The molecular weight excluding hydrogens is 218 g/mol. The van der Waals surface area contributed by atoms with Crippen molar-refractivity contribution in [3.8, 4) is 0 Å². The largest absolute Gasteiger partial charge is 0.299 e. The Labute approximate surface area is 103 Å². The molecule has 16 heavy (non-hydrogen) atoms. The van der Waals surface area contributed by atoms with Crippen LogP contribution in [0.2, 0.25) is 0 Å². The van der Waals surface area contributed by atoms with Gasteiger partial charge in [0.2, 0.25) is 0 Å². The van der Waals surface area contributed by atoms with Crippen LogP contribution in [0.15, 0.2) is 24.3 Å². The van der Waals surface area contributed by atoms with Gasteiger partial charge in [-0.25, -0.2) is 0 Å². The van der Waals surface area contributed by atoms with Gasteiger partial charge in [0, 0.05) is 18.5 Å². The number of likely N-dealkylation sites (tertiary alicyclic amines) is 1. The minimum absolute atomic E-state index is 0.369. The Bertz CT molecular complexity index is 350. The molecule has 1 aromatic carbocycles. The van der Waals surface area contributed by atoms with Crippen molar-refractivity contribution in [2.24, 2.45) is 5.92 Å². The SMILES string of the molecule is Cc1ccccc1CN1CCC(Cl)C(C)C1. The summed E-state index contributed by atoms with van der Waals surface area (Å²) >= 11 is 6.24. The van der Waals surface area contributed by atoms with Crippen LogP contribution in [0.5, 0.6) is 0 Å². The predicted octanol–water partition coefficient (Wildman–Crippen LogP) is 3.44. The first-order chi connectivity index (χ1) is 7.66. The van der Waals surface area contributed by atoms with Crippen molar-refractivity contribution in [1.29, 1.82) is 0 Å². The van der Waals surface area contributed by atoms with Crippen molar-refractivity contribution < 1.29 is 0 Å². The molecule has 88 valence electrons. The zero-order valence-electron chi connectivity index (χ0n) is 10.1. The first-order valence-corrected chi connectivity index (χ1v) is 6.51. The average Bonchev–Trinajstić information content (AvgIpc) is 2.27. The van der Waals surface area contributed by atoms with Gasteiger partial charge in [0.15, 0.2) is 0 Å². The summed E-state index contributed by atoms with van der Waals surface area (Å²) in [5.74, 6) is 0.611. The van der Waals surface area contributed by atoms with Gasteiger partial charge >= 0.3 is 0 Å². The van der Waals surface area contributed by atoms with Gasteiger partial charge in [0.05, 0.1) is 0 Å². The van der Waals surface area contributed by atoms with Gasteiger partial charge in [0.1, 0.15) is 0 Å². The quantitative estimate of drug-likeness (QED) is 0.713. The predicted molar refractivity (Wildman–Crippen MR) is 69.9 cm³/mol. The first kappa shape index (κ1) is 11.9. The minimum atomic E-state index is 0.369. The van der Waals surface area contributed by atoms with E-state index in [1.54, 1.807) is 0 Å². The Morgan fingerprint density at radius 2 is 2.12 bits per heavy atom. The summed E-state index contributed by atoms with van der Waals surface area (Å²) in [6.45, 7) is 7.77. The Hall–Kier alpha value is -0.530. The first-order valence-electron chi connectivity index (χ1n) is 6.07. The molecule has 0 aromatic heterocycles. The summed E-state index contributed by atoms with van der Waals surface area (Å²) < 4.78 is 0. The highest BCUT2D eigenvalue weighted by Gasteiger charge is 2.24.